The minimum atomic E-state index is -1.45. The molecule has 0 aliphatic carbocycles. The molecule has 1 aliphatic heterocycles. The summed E-state index contributed by atoms with van der Waals surface area (Å²) in [6.45, 7) is 0. The van der Waals surface area contributed by atoms with Gasteiger partial charge < -0.3 is 14.6 Å². The lowest BCUT2D eigenvalue weighted by Gasteiger charge is -2.24. The van der Waals surface area contributed by atoms with E-state index in [0.29, 0.717) is 29.0 Å². The molecule has 1 heterocycles. The first-order chi connectivity index (χ1) is 10.2. The Labute approximate surface area is 121 Å². The largest absolute Gasteiger partial charge is 0.476 e. The lowest BCUT2D eigenvalue weighted by Crippen LogP contribution is -2.34. The average Bonchev–Trinajstić information content (AvgIpc) is 2.46. The van der Waals surface area contributed by atoms with Crippen LogP contribution in [0.5, 0.6) is 11.5 Å². The molecule has 21 heavy (non-hydrogen) atoms. The summed E-state index contributed by atoms with van der Waals surface area (Å²) < 4.78 is 10.8. The maximum atomic E-state index is 11.3. The number of nitrogens with zero attached hydrogens (tertiary/aromatic N) is 1. The highest BCUT2D eigenvalue weighted by atomic mass is 16.7. The summed E-state index contributed by atoms with van der Waals surface area (Å²) in [7, 11) is 0. The van der Waals surface area contributed by atoms with Crippen LogP contribution in [0.2, 0.25) is 0 Å². The Hall–Kier alpha value is -3.00. The summed E-state index contributed by atoms with van der Waals surface area (Å²) in [6, 6.07) is 14.2. The van der Waals surface area contributed by atoms with Gasteiger partial charge in [-0.3, -0.25) is 0 Å². The number of para-hydroxylation sites is 1. The molecule has 2 aromatic carbocycles. The smallest absolute Gasteiger partial charge is 0.387 e. The van der Waals surface area contributed by atoms with Crippen molar-refractivity contribution in [2.75, 3.05) is 0 Å². The van der Waals surface area contributed by atoms with Crippen LogP contribution in [0.3, 0.4) is 0 Å². The highest BCUT2D eigenvalue weighted by Gasteiger charge is 2.27. The molecule has 1 unspecified atom stereocenters. The van der Waals surface area contributed by atoms with Gasteiger partial charge in [0.2, 0.25) is 0 Å². The minimum absolute atomic E-state index is 0.357. The second-order valence-electron chi connectivity index (χ2n) is 4.58. The minimum Gasteiger partial charge on any atom is -0.476 e. The Balaban J connectivity index is 2.17. The standard InChI is InChI=1S/C16H11NO4/c17-9-11-5-3-7-14-12(11)8-10-4-1-2-6-13(10)20-16(21-14)15(18)19/h1-7,16H,8H2,(H,18,19). The third-order valence-electron chi connectivity index (χ3n) is 3.26. The van der Waals surface area contributed by atoms with Crippen molar-refractivity contribution in [2.24, 2.45) is 0 Å². The van der Waals surface area contributed by atoms with Crippen LogP contribution < -0.4 is 9.47 Å². The molecule has 0 saturated carbocycles. The first-order valence-corrected chi connectivity index (χ1v) is 6.35. The van der Waals surface area contributed by atoms with Crippen LogP contribution in [0.1, 0.15) is 16.7 Å². The van der Waals surface area contributed by atoms with Crippen molar-refractivity contribution in [3.8, 4) is 17.6 Å². The highest BCUT2D eigenvalue weighted by Crippen LogP contribution is 2.32. The molecule has 0 fully saturated rings. The summed E-state index contributed by atoms with van der Waals surface area (Å²) in [5.74, 6) is -0.417. The number of ether oxygens (including phenoxy) is 2. The maximum Gasteiger partial charge on any atom is 0.387 e. The first kappa shape index (κ1) is 13.0. The molecule has 5 heteroatoms. The normalized spacial score (nSPS) is 16.0. The Morgan fingerprint density at radius 2 is 1.86 bits per heavy atom. The molecular formula is C16H11NO4. The van der Waals surface area contributed by atoms with Gasteiger partial charge in [-0.15, -0.1) is 0 Å². The van der Waals surface area contributed by atoms with E-state index in [0.717, 1.165) is 5.56 Å². The Morgan fingerprint density at radius 1 is 1.14 bits per heavy atom. The average molecular weight is 281 g/mol. The Morgan fingerprint density at radius 3 is 2.62 bits per heavy atom. The third kappa shape index (κ3) is 2.39. The highest BCUT2D eigenvalue weighted by molar-refractivity contribution is 5.72. The molecule has 1 aliphatic rings. The number of aliphatic carboxylic acids is 1. The topological polar surface area (TPSA) is 79.5 Å². The number of hydrogen-bond acceptors (Lipinski definition) is 4. The lowest BCUT2D eigenvalue weighted by atomic mass is 9.98. The molecule has 1 N–H and O–H groups in total. The van der Waals surface area contributed by atoms with Gasteiger partial charge in [0.05, 0.1) is 11.6 Å². The Kier molecular flexibility index (Phi) is 3.20. The summed E-state index contributed by atoms with van der Waals surface area (Å²) in [6.07, 6.45) is -0.999. The van der Waals surface area contributed by atoms with E-state index < -0.39 is 12.3 Å². The number of carboxylic acid groups (broad SMARTS) is 1. The van der Waals surface area contributed by atoms with Crippen LogP contribution in [-0.4, -0.2) is 17.4 Å². The van der Waals surface area contributed by atoms with Gasteiger partial charge in [-0.1, -0.05) is 24.3 Å². The van der Waals surface area contributed by atoms with Crippen LogP contribution in [0.25, 0.3) is 0 Å². The van der Waals surface area contributed by atoms with E-state index in [2.05, 4.69) is 6.07 Å². The molecule has 5 nitrogen and oxygen atoms in total. The summed E-state index contributed by atoms with van der Waals surface area (Å²) in [4.78, 5) is 11.3. The zero-order valence-electron chi connectivity index (χ0n) is 10.9. The van der Waals surface area contributed by atoms with E-state index in [1.165, 1.54) is 0 Å². The number of carbonyl (C=O) groups is 1. The lowest BCUT2D eigenvalue weighted by molar-refractivity contribution is -0.158. The number of carboxylic acids is 1. The van der Waals surface area contributed by atoms with E-state index in [9.17, 15) is 15.2 Å². The molecule has 3 rings (SSSR count). The van der Waals surface area contributed by atoms with E-state index in [4.69, 9.17) is 9.47 Å². The molecule has 0 aromatic heterocycles. The van der Waals surface area contributed by atoms with Gasteiger partial charge >= 0.3 is 12.3 Å². The SMILES string of the molecule is N#Cc1cccc2c1Cc1ccccc1OC(C(=O)O)O2. The van der Waals surface area contributed by atoms with Gasteiger partial charge in [-0.2, -0.15) is 5.26 Å². The fourth-order valence-corrected chi connectivity index (χ4v) is 2.27. The predicted molar refractivity (Wildman–Crippen MR) is 73.1 cm³/mol. The van der Waals surface area contributed by atoms with Crippen molar-refractivity contribution < 1.29 is 19.4 Å². The molecule has 0 amide bonds. The first-order valence-electron chi connectivity index (χ1n) is 6.35. The quantitative estimate of drug-likeness (QED) is 0.867. The molecule has 2 aromatic rings. The molecule has 0 saturated heterocycles. The number of rotatable bonds is 1. The summed E-state index contributed by atoms with van der Waals surface area (Å²) in [5.41, 5.74) is 1.95. The van der Waals surface area contributed by atoms with Gasteiger partial charge in [-0.25, -0.2) is 4.79 Å². The van der Waals surface area contributed by atoms with Gasteiger partial charge in [0, 0.05) is 12.0 Å². The van der Waals surface area contributed by atoms with Gasteiger partial charge in [0.15, 0.2) is 0 Å². The third-order valence-corrected chi connectivity index (χ3v) is 3.26. The fourth-order valence-electron chi connectivity index (χ4n) is 2.27. The van der Waals surface area contributed by atoms with Gasteiger partial charge in [-0.05, 0) is 23.8 Å². The molecule has 0 spiro atoms. The molecular weight excluding hydrogens is 270 g/mol. The molecule has 0 bridgehead atoms. The summed E-state index contributed by atoms with van der Waals surface area (Å²) in [5, 5.41) is 18.4. The zero-order chi connectivity index (χ0) is 14.8. The van der Waals surface area contributed by atoms with Crippen molar-refractivity contribution in [3.63, 3.8) is 0 Å². The summed E-state index contributed by atoms with van der Waals surface area (Å²) >= 11 is 0. The monoisotopic (exact) mass is 281 g/mol. The van der Waals surface area contributed by atoms with E-state index in [1.807, 2.05) is 12.1 Å². The number of benzene rings is 2. The number of fused-ring (bicyclic) bond motifs is 2. The van der Waals surface area contributed by atoms with E-state index in [1.54, 1.807) is 30.3 Å². The van der Waals surface area contributed by atoms with Crippen molar-refractivity contribution in [1.82, 2.24) is 0 Å². The predicted octanol–water partition coefficient (Wildman–Crippen LogP) is 2.33. The van der Waals surface area contributed by atoms with Crippen molar-refractivity contribution in [1.29, 1.82) is 5.26 Å². The molecule has 1 atom stereocenters. The van der Waals surface area contributed by atoms with E-state index >= 15 is 0 Å². The van der Waals surface area contributed by atoms with Crippen LogP contribution in [0.4, 0.5) is 0 Å². The fraction of sp³-hybridized carbons (Fsp3) is 0.125. The van der Waals surface area contributed by atoms with Crippen LogP contribution in [-0.2, 0) is 11.2 Å². The Bertz CT molecular complexity index is 748. The second-order valence-corrected chi connectivity index (χ2v) is 4.58. The number of hydrogen-bond donors (Lipinski definition) is 1. The second kappa shape index (κ2) is 5.17. The molecule has 0 radical (unpaired) electrons. The maximum absolute atomic E-state index is 11.3. The van der Waals surface area contributed by atoms with Crippen LogP contribution in [0.15, 0.2) is 42.5 Å². The van der Waals surface area contributed by atoms with Crippen molar-refractivity contribution in [3.05, 3.63) is 59.2 Å². The van der Waals surface area contributed by atoms with Crippen molar-refractivity contribution in [2.45, 2.75) is 12.7 Å². The van der Waals surface area contributed by atoms with Crippen LogP contribution in [0, 0.1) is 11.3 Å². The van der Waals surface area contributed by atoms with Crippen LogP contribution >= 0.6 is 0 Å². The van der Waals surface area contributed by atoms with Gasteiger partial charge in [0.1, 0.15) is 11.5 Å². The van der Waals surface area contributed by atoms with Gasteiger partial charge in [0.25, 0.3) is 0 Å². The molecule has 104 valence electrons. The van der Waals surface area contributed by atoms with E-state index in [-0.39, 0.29) is 0 Å². The number of nitriles is 1. The zero-order valence-corrected chi connectivity index (χ0v) is 10.9. The van der Waals surface area contributed by atoms with Crippen molar-refractivity contribution >= 4 is 5.97 Å².